The molecule has 0 aliphatic heterocycles. The number of carboxylic acids is 1. The predicted molar refractivity (Wildman–Crippen MR) is 131 cm³/mol. The topological polar surface area (TPSA) is 113 Å². The Labute approximate surface area is 203 Å². The predicted octanol–water partition coefficient (Wildman–Crippen LogP) is 4.49. The summed E-state index contributed by atoms with van der Waals surface area (Å²) in [4.78, 5) is 10.8. The lowest BCUT2D eigenvalue weighted by atomic mass is 10.1. The molecule has 3 rings (SSSR count). The van der Waals surface area contributed by atoms with Crippen LogP contribution in [-0.4, -0.2) is 37.3 Å². The molecular weight excluding hydrogens is 473 g/mol. The highest BCUT2D eigenvalue weighted by Crippen LogP contribution is 2.21. The zero-order valence-corrected chi connectivity index (χ0v) is 19.6. The van der Waals surface area contributed by atoms with E-state index in [-0.39, 0.29) is 17.9 Å². The monoisotopic (exact) mass is 499 g/mol. The van der Waals surface area contributed by atoms with E-state index in [0.717, 1.165) is 17.7 Å². The first-order chi connectivity index (χ1) is 16.7. The minimum absolute atomic E-state index is 0.00482. The van der Waals surface area contributed by atoms with Crippen molar-refractivity contribution < 1.29 is 32.6 Å². The van der Waals surface area contributed by atoms with E-state index in [2.05, 4.69) is 4.72 Å². The summed E-state index contributed by atoms with van der Waals surface area (Å²) in [6.07, 6.45) is 3.11. The molecule has 0 unspecified atom stereocenters. The second-order valence-electron chi connectivity index (χ2n) is 7.75. The maximum absolute atomic E-state index is 13.1. The largest absolute Gasteiger partial charge is 0.493 e. The highest BCUT2D eigenvalue weighted by Gasteiger charge is 2.14. The van der Waals surface area contributed by atoms with Gasteiger partial charge in [0.05, 0.1) is 17.6 Å². The Bertz CT molecular complexity index is 1280. The summed E-state index contributed by atoms with van der Waals surface area (Å²) in [6.45, 7) is 0.229. The Kier molecular flexibility index (Phi) is 8.99. The number of sulfonamides is 1. The number of carbonyl (C=O) groups is 1. The van der Waals surface area contributed by atoms with E-state index < -0.39 is 27.9 Å². The van der Waals surface area contributed by atoms with Crippen molar-refractivity contribution in [2.45, 2.75) is 30.3 Å². The van der Waals surface area contributed by atoms with Crippen LogP contribution in [0.3, 0.4) is 0 Å². The molecule has 0 spiro atoms. The van der Waals surface area contributed by atoms with Crippen LogP contribution in [0.5, 0.6) is 5.75 Å². The fraction of sp³-hybridized carbons (Fsp3) is 0.192. The van der Waals surface area contributed by atoms with Crippen molar-refractivity contribution in [1.29, 1.82) is 0 Å². The van der Waals surface area contributed by atoms with Crippen LogP contribution in [0.25, 0.3) is 6.08 Å². The molecule has 0 heterocycles. The number of aliphatic hydroxyl groups is 1. The van der Waals surface area contributed by atoms with Crippen molar-refractivity contribution in [3.63, 3.8) is 0 Å². The minimum Gasteiger partial charge on any atom is -0.493 e. The number of para-hydroxylation sites is 1. The van der Waals surface area contributed by atoms with Crippen LogP contribution in [0.15, 0.2) is 83.8 Å². The molecule has 0 fully saturated rings. The van der Waals surface area contributed by atoms with Gasteiger partial charge in [0.2, 0.25) is 0 Å². The van der Waals surface area contributed by atoms with Crippen molar-refractivity contribution in [3.8, 4) is 5.75 Å². The molecular formula is C26H26FNO6S. The molecule has 3 N–H and O–H groups in total. The van der Waals surface area contributed by atoms with Gasteiger partial charge in [-0.25, -0.2) is 12.8 Å². The first-order valence-electron chi connectivity index (χ1n) is 10.9. The molecule has 0 saturated carbocycles. The number of hydrogen-bond donors (Lipinski definition) is 3. The molecule has 1 atom stereocenters. The second kappa shape index (κ2) is 12.1. The summed E-state index contributed by atoms with van der Waals surface area (Å²) in [6, 6.07) is 18.3. The van der Waals surface area contributed by atoms with Crippen LogP contribution in [0.4, 0.5) is 10.1 Å². The van der Waals surface area contributed by atoms with E-state index in [1.165, 1.54) is 12.1 Å². The van der Waals surface area contributed by atoms with Gasteiger partial charge in [0.15, 0.2) is 0 Å². The van der Waals surface area contributed by atoms with E-state index >= 15 is 0 Å². The molecule has 0 saturated heterocycles. The molecule has 0 aliphatic carbocycles. The summed E-state index contributed by atoms with van der Waals surface area (Å²) < 4.78 is 46.2. The van der Waals surface area contributed by atoms with Gasteiger partial charge in [-0.3, -0.25) is 9.52 Å². The molecule has 184 valence electrons. The fourth-order valence-electron chi connectivity index (χ4n) is 3.23. The SMILES string of the molecule is O=C(O)CCc1ccccc1OCC[C@@H](O)/C=C/c1cccc(NS(=O)(=O)c2ccc(F)cc2)c1. The lowest BCUT2D eigenvalue weighted by molar-refractivity contribution is -0.136. The molecule has 0 bridgehead atoms. The second-order valence-corrected chi connectivity index (χ2v) is 9.43. The number of hydrogen-bond acceptors (Lipinski definition) is 5. The molecule has 0 aromatic heterocycles. The molecule has 3 aromatic carbocycles. The Balaban J connectivity index is 1.54. The van der Waals surface area contributed by atoms with E-state index in [9.17, 15) is 22.7 Å². The van der Waals surface area contributed by atoms with Gasteiger partial charge in [-0.05, 0) is 60.0 Å². The number of benzene rings is 3. The van der Waals surface area contributed by atoms with Crippen LogP contribution < -0.4 is 9.46 Å². The van der Waals surface area contributed by atoms with Crippen LogP contribution in [0, 0.1) is 5.82 Å². The third-order valence-electron chi connectivity index (χ3n) is 5.03. The third kappa shape index (κ3) is 8.24. The van der Waals surface area contributed by atoms with Gasteiger partial charge < -0.3 is 14.9 Å². The van der Waals surface area contributed by atoms with Crippen molar-refractivity contribution in [2.24, 2.45) is 0 Å². The summed E-state index contributed by atoms with van der Waals surface area (Å²) in [5, 5.41) is 19.1. The standard InChI is InChI=1S/C26H26FNO6S/c27-21-10-13-24(14-11-21)35(32,33)28-22-6-3-4-19(18-22)8-12-23(29)16-17-34-25-7-2-1-5-20(25)9-15-26(30)31/h1-8,10-14,18,23,28-29H,9,15-17H2,(H,30,31)/b12-8+/t23-/m0/s1. The van der Waals surface area contributed by atoms with Crippen LogP contribution in [0.2, 0.25) is 0 Å². The molecule has 0 amide bonds. The van der Waals surface area contributed by atoms with Gasteiger partial charge in [-0.2, -0.15) is 0 Å². The molecule has 0 aliphatic rings. The average Bonchev–Trinajstić information content (AvgIpc) is 2.82. The lowest BCUT2D eigenvalue weighted by Gasteiger charge is -2.12. The maximum Gasteiger partial charge on any atom is 0.303 e. The minimum atomic E-state index is -3.87. The molecule has 9 heteroatoms. The van der Waals surface area contributed by atoms with Crippen molar-refractivity contribution in [2.75, 3.05) is 11.3 Å². The third-order valence-corrected chi connectivity index (χ3v) is 6.42. The van der Waals surface area contributed by atoms with Gasteiger partial charge in [0.1, 0.15) is 11.6 Å². The number of anilines is 1. The Morgan fingerprint density at radius 2 is 1.80 bits per heavy atom. The molecule has 3 aromatic rings. The zero-order valence-electron chi connectivity index (χ0n) is 18.8. The van der Waals surface area contributed by atoms with E-state index in [4.69, 9.17) is 9.84 Å². The number of ether oxygens (including phenoxy) is 1. The molecule has 7 nitrogen and oxygen atoms in total. The highest BCUT2D eigenvalue weighted by atomic mass is 32.2. The molecule has 35 heavy (non-hydrogen) atoms. The van der Waals surface area contributed by atoms with Gasteiger partial charge in [0.25, 0.3) is 10.0 Å². The van der Waals surface area contributed by atoms with Crippen LogP contribution in [-0.2, 0) is 21.2 Å². The Morgan fingerprint density at radius 3 is 2.54 bits per heavy atom. The Morgan fingerprint density at radius 1 is 1.06 bits per heavy atom. The number of rotatable bonds is 12. The van der Waals surface area contributed by atoms with E-state index in [1.807, 2.05) is 12.1 Å². The van der Waals surface area contributed by atoms with E-state index in [0.29, 0.717) is 29.8 Å². The van der Waals surface area contributed by atoms with Gasteiger partial charge in [-0.1, -0.05) is 42.5 Å². The number of nitrogens with one attached hydrogen (secondary N) is 1. The summed E-state index contributed by atoms with van der Waals surface area (Å²) in [5.41, 5.74) is 1.79. The zero-order chi connectivity index (χ0) is 25.3. The smallest absolute Gasteiger partial charge is 0.303 e. The number of aliphatic hydroxyl groups excluding tert-OH is 1. The van der Waals surface area contributed by atoms with Crippen LogP contribution in [0.1, 0.15) is 24.0 Å². The quantitative estimate of drug-likeness (QED) is 0.339. The number of aliphatic carboxylic acids is 1. The summed E-state index contributed by atoms with van der Waals surface area (Å²) in [5.74, 6) is -0.818. The van der Waals surface area contributed by atoms with Crippen LogP contribution >= 0.6 is 0 Å². The molecule has 0 radical (unpaired) electrons. The lowest BCUT2D eigenvalue weighted by Crippen LogP contribution is -2.13. The van der Waals surface area contributed by atoms with E-state index in [1.54, 1.807) is 48.6 Å². The van der Waals surface area contributed by atoms with Crippen molar-refractivity contribution in [3.05, 3.63) is 95.8 Å². The van der Waals surface area contributed by atoms with Gasteiger partial charge >= 0.3 is 5.97 Å². The summed E-state index contributed by atoms with van der Waals surface area (Å²) in [7, 11) is -3.87. The maximum atomic E-state index is 13.1. The average molecular weight is 500 g/mol. The van der Waals surface area contributed by atoms with Gasteiger partial charge in [-0.15, -0.1) is 0 Å². The van der Waals surface area contributed by atoms with Crippen molar-refractivity contribution in [1.82, 2.24) is 0 Å². The van der Waals surface area contributed by atoms with Crippen molar-refractivity contribution >= 4 is 27.8 Å². The normalized spacial score (nSPS) is 12.4. The number of halogens is 1. The number of aryl methyl sites for hydroxylation is 1. The number of carboxylic acid groups (broad SMARTS) is 1. The Hall–Kier alpha value is -3.69. The van der Waals surface area contributed by atoms with Gasteiger partial charge in [0, 0.05) is 18.5 Å². The summed E-state index contributed by atoms with van der Waals surface area (Å²) >= 11 is 0. The first kappa shape index (κ1) is 25.9. The fourth-order valence-corrected chi connectivity index (χ4v) is 4.28. The highest BCUT2D eigenvalue weighted by molar-refractivity contribution is 7.92. The first-order valence-corrected chi connectivity index (χ1v) is 12.4.